The molecule has 0 aliphatic carbocycles. The zero-order chi connectivity index (χ0) is 13.2. The van der Waals surface area contributed by atoms with E-state index < -0.39 is 6.36 Å². The van der Waals surface area contributed by atoms with Crippen molar-refractivity contribution in [3.8, 4) is 17.0 Å². The lowest BCUT2D eigenvalue weighted by atomic mass is 10.1. The maximum Gasteiger partial charge on any atom is 0.573 e. The standard InChI is InChI=1S/C12H8F3NOS/c13-12(14,15)17-11-4-2-1-3-9(11)10-7-8(18)5-6-16-10/h1-7H,(H,16,18). The first-order valence-electron chi connectivity index (χ1n) is 4.99. The molecule has 6 heteroatoms. The molecule has 0 aliphatic rings. The predicted octanol–water partition coefficient (Wildman–Crippen LogP) is 4.31. The zero-order valence-corrected chi connectivity index (χ0v) is 9.81. The van der Waals surface area contributed by atoms with Crippen molar-refractivity contribution < 1.29 is 17.9 Å². The van der Waals surface area contributed by atoms with Gasteiger partial charge in [0, 0.05) is 16.3 Å². The number of aromatic nitrogens is 1. The van der Waals surface area contributed by atoms with E-state index in [1.165, 1.54) is 18.2 Å². The third-order valence-corrected chi connectivity index (χ3v) is 2.43. The van der Waals surface area contributed by atoms with Crippen LogP contribution in [-0.4, -0.2) is 11.3 Å². The number of halogens is 3. The molecule has 0 fully saturated rings. The van der Waals surface area contributed by atoms with Crippen LogP contribution >= 0.6 is 12.2 Å². The summed E-state index contributed by atoms with van der Waals surface area (Å²) in [5.74, 6) is -0.262. The predicted molar refractivity (Wildman–Crippen MR) is 63.7 cm³/mol. The van der Waals surface area contributed by atoms with Gasteiger partial charge >= 0.3 is 6.36 Å². The Labute approximate surface area is 106 Å². The Hall–Kier alpha value is -1.82. The number of aromatic amines is 1. The molecule has 0 saturated carbocycles. The summed E-state index contributed by atoms with van der Waals surface area (Å²) in [5, 5.41) is 0. The van der Waals surface area contributed by atoms with E-state index in [0.717, 1.165) is 0 Å². The van der Waals surface area contributed by atoms with E-state index in [2.05, 4.69) is 9.72 Å². The normalized spacial score (nSPS) is 11.3. The Morgan fingerprint density at radius 2 is 1.83 bits per heavy atom. The van der Waals surface area contributed by atoms with Crippen LogP contribution in [0.15, 0.2) is 42.6 Å². The summed E-state index contributed by atoms with van der Waals surface area (Å²) in [6.07, 6.45) is -3.15. The van der Waals surface area contributed by atoms with Crippen LogP contribution in [0.2, 0.25) is 0 Å². The molecule has 1 heterocycles. The Balaban J connectivity index is 2.48. The molecule has 0 amide bonds. The summed E-state index contributed by atoms with van der Waals surface area (Å²) in [4.78, 5) is 2.84. The average Bonchev–Trinajstić information content (AvgIpc) is 2.27. The third-order valence-electron chi connectivity index (χ3n) is 2.18. The van der Waals surface area contributed by atoms with Crippen molar-refractivity contribution in [2.75, 3.05) is 0 Å². The van der Waals surface area contributed by atoms with Crippen LogP contribution in [0.3, 0.4) is 0 Å². The number of benzene rings is 1. The first-order valence-corrected chi connectivity index (χ1v) is 5.40. The van der Waals surface area contributed by atoms with Crippen LogP contribution in [0.25, 0.3) is 11.3 Å². The summed E-state index contributed by atoms with van der Waals surface area (Å²) < 4.78 is 41.3. The number of hydrogen-bond donors (Lipinski definition) is 1. The highest BCUT2D eigenvalue weighted by Gasteiger charge is 2.32. The second-order valence-corrected chi connectivity index (χ2v) is 3.95. The highest BCUT2D eigenvalue weighted by atomic mass is 32.1. The monoisotopic (exact) mass is 271 g/mol. The molecule has 0 aliphatic heterocycles. The molecule has 94 valence electrons. The third kappa shape index (κ3) is 3.10. The Kier molecular flexibility index (Phi) is 3.38. The summed E-state index contributed by atoms with van der Waals surface area (Å²) >= 11 is 4.97. The van der Waals surface area contributed by atoms with Crippen molar-refractivity contribution in [3.63, 3.8) is 0 Å². The van der Waals surface area contributed by atoms with Gasteiger partial charge in [0.1, 0.15) is 5.75 Å². The van der Waals surface area contributed by atoms with Crippen LogP contribution in [-0.2, 0) is 0 Å². The maximum absolute atomic E-state index is 12.3. The molecule has 2 aromatic rings. The van der Waals surface area contributed by atoms with Gasteiger partial charge in [-0.15, -0.1) is 13.2 Å². The number of para-hydroxylation sites is 1. The minimum Gasteiger partial charge on any atom is -0.405 e. The van der Waals surface area contributed by atoms with Crippen LogP contribution in [0.1, 0.15) is 0 Å². The van der Waals surface area contributed by atoms with Gasteiger partial charge in [0.05, 0.1) is 5.69 Å². The molecule has 1 aromatic carbocycles. The molecular formula is C12H8F3NOS. The van der Waals surface area contributed by atoms with E-state index in [4.69, 9.17) is 12.2 Å². The van der Waals surface area contributed by atoms with Gasteiger partial charge in [-0.2, -0.15) is 0 Å². The van der Waals surface area contributed by atoms with E-state index in [1.54, 1.807) is 24.4 Å². The van der Waals surface area contributed by atoms with Crippen molar-refractivity contribution in [1.82, 2.24) is 4.98 Å². The fourth-order valence-electron chi connectivity index (χ4n) is 1.50. The Morgan fingerprint density at radius 3 is 2.50 bits per heavy atom. The second kappa shape index (κ2) is 4.81. The fraction of sp³-hybridized carbons (Fsp3) is 0.0833. The second-order valence-electron chi connectivity index (χ2n) is 3.48. The van der Waals surface area contributed by atoms with Crippen molar-refractivity contribution in [2.45, 2.75) is 6.36 Å². The quantitative estimate of drug-likeness (QED) is 0.823. The molecule has 0 spiro atoms. The molecule has 2 nitrogen and oxygen atoms in total. The topological polar surface area (TPSA) is 25.0 Å². The van der Waals surface area contributed by atoms with Gasteiger partial charge in [0.2, 0.25) is 0 Å². The fourth-order valence-corrected chi connectivity index (χ4v) is 1.69. The molecule has 2 rings (SSSR count). The number of ether oxygens (including phenoxy) is 1. The van der Waals surface area contributed by atoms with Gasteiger partial charge in [0.25, 0.3) is 0 Å². The van der Waals surface area contributed by atoms with Gasteiger partial charge in [-0.1, -0.05) is 24.4 Å². The molecule has 0 atom stereocenters. The van der Waals surface area contributed by atoms with Crippen molar-refractivity contribution >= 4 is 12.2 Å². The maximum atomic E-state index is 12.3. The Morgan fingerprint density at radius 1 is 1.11 bits per heavy atom. The molecular weight excluding hydrogens is 263 g/mol. The lowest BCUT2D eigenvalue weighted by Gasteiger charge is -2.12. The average molecular weight is 271 g/mol. The van der Waals surface area contributed by atoms with Crippen LogP contribution in [0.4, 0.5) is 13.2 Å². The number of hydrogen-bond acceptors (Lipinski definition) is 2. The highest BCUT2D eigenvalue weighted by Crippen LogP contribution is 2.32. The number of rotatable bonds is 2. The lowest BCUT2D eigenvalue weighted by molar-refractivity contribution is -0.274. The highest BCUT2D eigenvalue weighted by molar-refractivity contribution is 7.71. The van der Waals surface area contributed by atoms with Crippen LogP contribution < -0.4 is 4.74 Å². The molecule has 0 radical (unpaired) electrons. The van der Waals surface area contributed by atoms with E-state index >= 15 is 0 Å². The first-order chi connectivity index (χ1) is 8.46. The lowest BCUT2D eigenvalue weighted by Crippen LogP contribution is -2.17. The largest absolute Gasteiger partial charge is 0.573 e. The van der Waals surface area contributed by atoms with Crippen molar-refractivity contribution in [3.05, 3.63) is 47.1 Å². The van der Waals surface area contributed by atoms with Gasteiger partial charge in [0.15, 0.2) is 0 Å². The number of nitrogens with one attached hydrogen (secondary N) is 1. The van der Waals surface area contributed by atoms with Gasteiger partial charge in [-0.25, -0.2) is 0 Å². The molecule has 0 saturated heterocycles. The summed E-state index contributed by atoms with van der Waals surface area (Å²) in [6.45, 7) is 0. The summed E-state index contributed by atoms with van der Waals surface area (Å²) in [5.41, 5.74) is 0.781. The van der Waals surface area contributed by atoms with Crippen LogP contribution in [0, 0.1) is 4.51 Å². The van der Waals surface area contributed by atoms with Gasteiger partial charge < -0.3 is 9.72 Å². The SMILES string of the molecule is FC(F)(F)Oc1ccccc1-c1cc(=S)cc[nH]1. The number of H-pyrrole nitrogens is 1. The van der Waals surface area contributed by atoms with Crippen LogP contribution in [0.5, 0.6) is 5.75 Å². The molecule has 18 heavy (non-hydrogen) atoms. The van der Waals surface area contributed by atoms with E-state index in [0.29, 0.717) is 15.8 Å². The zero-order valence-electron chi connectivity index (χ0n) is 8.99. The summed E-state index contributed by atoms with van der Waals surface area (Å²) in [6, 6.07) is 9.11. The first kappa shape index (κ1) is 12.6. The minimum absolute atomic E-state index is 0.262. The molecule has 0 unspecified atom stereocenters. The van der Waals surface area contributed by atoms with E-state index in [-0.39, 0.29) is 5.75 Å². The van der Waals surface area contributed by atoms with Gasteiger partial charge in [-0.3, -0.25) is 0 Å². The number of alkyl halides is 3. The smallest absolute Gasteiger partial charge is 0.405 e. The molecule has 1 aromatic heterocycles. The van der Waals surface area contributed by atoms with Crippen molar-refractivity contribution in [2.24, 2.45) is 0 Å². The molecule has 0 bridgehead atoms. The van der Waals surface area contributed by atoms with E-state index in [9.17, 15) is 13.2 Å². The van der Waals surface area contributed by atoms with Crippen molar-refractivity contribution in [1.29, 1.82) is 0 Å². The Bertz CT molecular complexity index is 607. The summed E-state index contributed by atoms with van der Waals surface area (Å²) in [7, 11) is 0. The van der Waals surface area contributed by atoms with Gasteiger partial charge in [-0.05, 0) is 24.3 Å². The minimum atomic E-state index is -4.72. The van der Waals surface area contributed by atoms with E-state index in [1.807, 2.05) is 0 Å². The molecule has 1 N–H and O–H groups in total. The number of pyridine rings is 1.